The van der Waals surface area contributed by atoms with E-state index in [0.29, 0.717) is 0 Å². The van der Waals surface area contributed by atoms with E-state index < -0.39 is 0 Å². The third-order valence-corrected chi connectivity index (χ3v) is 4.75. The Kier molecular flexibility index (Phi) is 3.68. The van der Waals surface area contributed by atoms with Crippen LogP contribution in [0, 0.1) is 0 Å². The lowest BCUT2D eigenvalue weighted by molar-refractivity contribution is -0.128. The zero-order chi connectivity index (χ0) is 13.5. The summed E-state index contributed by atoms with van der Waals surface area (Å²) in [5.74, 6) is 0. The molecule has 0 aromatic carbocycles. The third kappa shape index (κ3) is 3.02. The molecule has 1 saturated heterocycles. The van der Waals surface area contributed by atoms with Gasteiger partial charge in [-0.15, -0.1) is 11.3 Å². The van der Waals surface area contributed by atoms with E-state index in [1.807, 2.05) is 0 Å². The zero-order valence-electron chi connectivity index (χ0n) is 11.2. The van der Waals surface area contributed by atoms with Gasteiger partial charge in [-0.05, 0) is 13.8 Å². The van der Waals surface area contributed by atoms with Crippen molar-refractivity contribution in [3.8, 4) is 0 Å². The van der Waals surface area contributed by atoms with E-state index in [4.69, 9.17) is 4.74 Å². The third-order valence-electron chi connectivity index (χ3n) is 3.25. The minimum Gasteiger partial charge on any atom is -0.369 e. The summed E-state index contributed by atoms with van der Waals surface area (Å²) in [6.07, 6.45) is 4.44. The maximum atomic E-state index is 6.02. The molecule has 1 aliphatic heterocycles. The average molecular weight is 344 g/mol. The predicted octanol–water partition coefficient (Wildman–Crippen LogP) is 2.77. The van der Waals surface area contributed by atoms with Crippen molar-refractivity contribution in [1.82, 2.24) is 14.3 Å². The Morgan fingerprint density at radius 3 is 3.16 bits per heavy atom. The molecule has 1 fully saturated rings. The second-order valence-corrected chi connectivity index (χ2v) is 7.17. The number of fused-ring (bicyclic) bond motifs is 1. The van der Waals surface area contributed by atoms with E-state index >= 15 is 0 Å². The van der Waals surface area contributed by atoms with Crippen LogP contribution in [-0.4, -0.2) is 44.4 Å². The first-order valence-electron chi connectivity index (χ1n) is 6.43. The Bertz CT molecular complexity index is 536. The highest BCUT2D eigenvalue weighted by Crippen LogP contribution is 2.23. The molecule has 2 aromatic heterocycles. The number of hydrogen-bond acceptors (Lipinski definition) is 4. The molecule has 0 N–H and O–H groups in total. The molecule has 4 nitrogen and oxygen atoms in total. The molecule has 104 valence electrons. The molecule has 6 heteroatoms. The van der Waals surface area contributed by atoms with Gasteiger partial charge in [-0.3, -0.25) is 9.30 Å². The smallest absolute Gasteiger partial charge is 0.193 e. The maximum Gasteiger partial charge on any atom is 0.193 e. The fraction of sp³-hybridized carbons (Fsp3) is 0.615. The minimum absolute atomic E-state index is 0.0895. The molecule has 0 saturated carbocycles. The van der Waals surface area contributed by atoms with E-state index in [9.17, 15) is 0 Å². The van der Waals surface area contributed by atoms with Crippen LogP contribution >= 0.6 is 27.3 Å². The predicted molar refractivity (Wildman–Crippen MR) is 81.1 cm³/mol. The molecule has 0 radical (unpaired) electrons. The summed E-state index contributed by atoms with van der Waals surface area (Å²) in [7, 11) is 0. The number of thiazole rings is 1. The van der Waals surface area contributed by atoms with Crippen molar-refractivity contribution in [2.24, 2.45) is 0 Å². The normalized spacial score (nSPS) is 24.1. The SMILES string of the molecule is CC1(C)CN(Cc2cn3ccsc3n2)CC(CBr)O1. The lowest BCUT2D eigenvalue weighted by Crippen LogP contribution is -2.52. The van der Waals surface area contributed by atoms with Gasteiger partial charge in [-0.2, -0.15) is 0 Å². The Hall–Kier alpha value is -0.430. The zero-order valence-corrected chi connectivity index (χ0v) is 13.6. The van der Waals surface area contributed by atoms with Crippen LogP contribution in [0.2, 0.25) is 0 Å². The molecule has 1 unspecified atom stereocenters. The van der Waals surface area contributed by atoms with Crippen molar-refractivity contribution in [2.75, 3.05) is 18.4 Å². The van der Waals surface area contributed by atoms with E-state index in [1.54, 1.807) is 11.3 Å². The van der Waals surface area contributed by atoms with Gasteiger partial charge in [0.2, 0.25) is 0 Å². The van der Waals surface area contributed by atoms with E-state index in [0.717, 1.165) is 35.6 Å². The number of halogens is 1. The van der Waals surface area contributed by atoms with Gasteiger partial charge in [-0.25, -0.2) is 4.98 Å². The first kappa shape index (κ1) is 13.5. The molecule has 19 heavy (non-hydrogen) atoms. The number of hydrogen-bond donors (Lipinski definition) is 0. The number of imidazole rings is 1. The Balaban J connectivity index is 1.73. The summed E-state index contributed by atoms with van der Waals surface area (Å²) in [5, 5.41) is 2.94. The van der Waals surface area contributed by atoms with Gasteiger partial charge in [0.15, 0.2) is 4.96 Å². The molecule has 0 amide bonds. The lowest BCUT2D eigenvalue weighted by Gasteiger charge is -2.42. The topological polar surface area (TPSA) is 29.8 Å². The summed E-state index contributed by atoms with van der Waals surface area (Å²) in [5.41, 5.74) is 1.05. The van der Waals surface area contributed by atoms with Crippen LogP contribution in [0.25, 0.3) is 4.96 Å². The summed E-state index contributed by atoms with van der Waals surface area (Å²) in [4.78, 5) is 8.15. The van der Waals surface area contributed by atoms with Crippen molar-refractivity contribution < 1.29 is 4.74 Å². The molecule has 0 aliphatic carbocycles. The van der Waals surface area contributed by atoms with Crippen LogP contribution in [0.3, 0.4) is 0 Å². The standard InChI is InChI=1S/C13H18BrN3OS/c1-13(2)9-16(8-11(5-14)18-13)6-10-7-17-3-4-19-12(17)15-10/h3-4,7,11H,5-6,8-9H2,1-2H3. The summed E-state index contributed by atoms with van der Waals surface area (Å²) in [6.45, 7) is 7.10. The number of alkyl halides is 1. The highest BCUT2D eigenvalue weighted by atomic mass is 79.9. The van der Waals surface area contributed by atoms with Gasteiger partial charge in [0.1, 0.15) is 0 Å². The van der Waals surface area contributed by atoms with E-state index in [-0.39, 0.29) is 11.7 Å². The van der Waals surface area contributed by atoms with Crippen molar-refractivity contribution in [3.05, 3.63) is 23.5 Å². The van der Waals surface area contributed by atoms with Gasteiger partial charge in [0, 0.05) is 42.7 Å². The molecule has 3 heterocycles. The van der Waals surface area contributed by atoms with Crippen molar-refractivity contribution in [1.29, 1.82) is 0 Å². The number of morpholine rings is 1. The lowest BCUT2D eigenvalue weighted by atomic mass is 10.1. The van der Waals surface area contributed by atoms with Gasteiger partial charge < -0.3 is 4.74 Å². The van der Waals surface area contributed by atoms with Crippen molar-refractivity contribution in [3.63, 3.8) is 0 Å². The summed E-state index contributed by atoms with van der Waals surface area (Å²) in [6, 6.07) is 0. The molecular weight excluding hydrogens is 326 g/mol. The van der Waals surface area contributed by atoms with Crippen LogP contribution in [-0.2, 0) is 11.3 Å². The van der Waals surface area contributed by atoms with Gasteiger partial charge in [-0.1, -0.05) is 15.9 Å². The van der Waals surface area contributed by atoms with Crippen LogP contribution in [0.5, 0.6) is 0 Å². The molecule has 0 spiro atoms. The van der Waals surface area contributed by atoms with Crippen molar-refractivity contribution in [2.45, 2.75) is 32.1 Å². The number of rotatable bonds is 3. The van der Waals surface area contributed by atoms with E-state index in [1.165, 1.54) is 0 Å². The molecular formula is C13H18BrN3OS. The largest absolute Gasteiger partial charge is 0.369 e. The highest BCUT2D eigenvalue weighted by Gasteiger charge is 2.33. The monoisotopic (exact) mass is 343 g/mol. The highest BCUT2D eigenvalue weighted by molar-refractivity contribution is 9.09. The van der Waals surface area contributed by atoms with Crippen LogP contribution in [0.1, 0.15) is 19.5 Å². The molecule has 3 rings (SSSR count). The van der Waals surface area contributed by atoms with Crippen LogP contribution in [0.15, 0.2) is 17.8 Å². The summed E-state index contributed by atoms with van der Waals surface area (Å²) < 4.78 is 8.11. The van der Waals surface area contributed by atoms with Gasteiger partial charge in [0.25, 0.3) is 0 Å². The molecule has 2 aromatic rings. The fourth-order valence-electron chi connectivity index (χ4n) is 2.70. The average Bonchev–Trinajstić information content (AvgIpc) is 2.87. The number of ether oxygens (including phenoxy) is 1. The Labute approximate surface area is 125 Å². The summed E-state index contributed by atoms with van der Waals surface area (Å²) >= 11 is 5.20. The minimum atomic E-state index is -0.0895. The van der Waals surface area contributed by atoms with Gasteiger partial charge >= 0.3 is 0 Å². The maximum absolute atomic E-state index is 6.02. The van der Waals surface area contributed by atoms with Crippen molar-refractivity contribution >= 4 is 32.2 Å². The molecule has 0 bridgehead atoms. The molecule has 1 atom stereocenters. The quantitative estimate of drug-likeness (QED) is 0.802. The second kappa shape index (κ2) is 5.16. The van der Waals surface area contributed by atoms with Crippen LogP contribution in [0.4, 0.5) is 0 Å². The van der Waals surface area contributed by atoms with Gasteiger partial charge in [0.05, 0.1) is 17.4 Å². The molecule has 1 aliphatic rings. The Morgan fingerprint density at radius 1 is 1.58 bits per heavy atom. The second-order valence-electron chi connectivity index (χ2n) is 5.65. The number of aromatic nitrogens is 2. The van der Waals surface area contributed by atoms with E-state index in [2.05, 4.69) is 61.8 Å². The fourth-order valence-corrected chi connectivity index (χ4v) is 3.75. The number of nitrogens with zero attached hydrogens (tertiary/aromatic N) is 3. The first-order valence-corrected chi connectivity index (χ1v) is 8.43. The Morgan fingerprint density at radius 2 is 2.42 bits per heavy atom. The first-order chi connectivity index (χ1) is 9.05. The van der Waals surface area contributed by atoms with Crippen LogP contribution < -0.4 is 0 Å².